The molecule has 8 heteroatoms. The summed E-state index contributed by atoms with van der Waals surface area (Å²) in [6.45, 7) is 1.54. The van der Waals surface area contributed by atoms with Crippen molar-refractivity contribution < 1.29 is 8.42 Å². The number of anilines is 1. The van der Waals surface area contributed by atoms with Crippen LogP contribution in [0, 0.1) is 0 Å². The molecule has 0 saturated heterocycles. The van der Waals surface area contributed by atoms with Gasteiger partial charge in [-0.05, 0) is 12.1 Å². The number of aromatic nitrogens is 2. The van der Waals surface area contributed by atoms with Gasteiger partial charge in [-0.1, -0.05) is 25.1 Å². The van der Waals surface area contributed by atoms with Gasteiger partial charge in [0.05, 0.1) is 21.8 Å². The number of rotatable bonds is 3. The second kappa shape index (κ2) is 5.22. The highest BCUT2D eigenvalue weighted by molar-refractivity contribution is 7.91. The van der Waals surface area contributed by atoms with Gasteiger partial charge >= 0.3 is 0 Å². The smallest absolute Gasteiger partial charge is 0.282 e. The molecule has 3 aromatic rings. The summed E-state index contributed by atoms with van der Waals surface area (Å²) in [6.07, 6.45) is 0. The van der Waals surface area contributed by atoms with Gasteiger partial charge in [-0.2, -0.15) is 9.78 Å². The molecule has 114 valence electrons. The molecule has 0 bridgehead atoms. The molecule has 0 atom stereocenters. The van der Waals surface area contributed by atoms with Crippen LogP contribution in [0.25, 0.3) is 16.5 Å². The zero-order chi connectivity index (χ0) is 15.9. The van der Waals surface area contributed by atoms with Crippen LogP contribution in [0.3, 0.4) is 0 Å². The van der Waals surface area contributed by atoms with Crippen molar-refractivity contribution in [2.45, 2.75) is 11.9 Å². The highest BCUT2D eigenvalue weighted by Crippen LogP contribution is 2.29. The van der Waals surface area contributed by atoms with Gasteiger partial charge in [0.25, 0.3) is 5.56 Å². The molecule has 22 heavy (non-hydrogen) atoms. The van der Waals surface area contributed by atoms with Crippen molar-refractivity contribution in [1.82, 2.24) is 9.78 Å². The molecule has 0 saturated carbocycles. The molecular formula is C14H13N3O3S2. The number of nitrogens with zero attached hydrogens (tertiary/aromatic N) is 2. The second-order valence-electron chi connectivity index (χ2n) is 4.65. The fourth-order valence-electron chi connectivity index (χ4n) is 2.16. The van der Waals surface area contributed by atoms with Crippen molar-refractivity contribution in [3.8, 4) is 5.69 Å². The Kier molecular flexibility index (Phi) is 3.50. The average Bonchev–Trinajstić information content (AvgIpc) is 2.91. The van der Waals surface area contributed by atoms with E-state index in [9.17, 15) is 13.2 Å². The Labute approximate surface area is 130 Å². The average molecular weight is 335 g/mol. The fourth-order valence-corrected chi connectivity index (χ4v) is 4.00. The highest BCUT2D eigenvalue weighted by Gasteiger charge is 2.23. The lowest BCUT2D eigenvalue weighted by Gasteiger charge is -2.09. The summed E-state index contributed by atoms with van der Waals surface area (Å²) in [5.41, 5.74) is 5.93. The first-order valence-corrected chi connectivity index (χ1v) is 9.07. The van der Waals surface area contributed by atoms with Crippen LogP contribution in [-0.2, 0) is 9.84 Å². The van der Waals surface area contributed by atoms with E-state index in [0.29, 0.717) is 16.1 Å². The number of fused-ring (bicyclic) bond motifs is 1. The summed E-state index contributed by atoms with van der Waals surface area (Å²) >= 11 is 1.14. The maximum absolute atomic E-state index is 12.6. The summed E-state index contributed by atoms with van der Waals surface area (Å²) in [4.78, 5) is 12.6. The molecule has 2 aromatic heterocycles. The van der Waals surface area contributed by atoms with Crippen LogP contribution in [0.5, 0.6) is 0 Å². The van der Waals surface area contributed by atoms with E-state index in [0.717, 1.165) is 16.0 Å². The summed E-state index contributed by atoms with van der Waals surface area (Å²) in [6, 6.07) is 8.67. The Morgan fingerprint density at radius 1 is 1.27 bits per heavy atom. The monoisotopic (exact) mass is 335 g/mol. The predicted octanol–water partition coefficient (Wildman–Crippen LogP) is 1.82. The van der Waals surface area contributed by atoms with Gasteiger partial charge in [-0.15, -0.1) is 11.3 Å². The molecule has 2 N–H and O–H groups in total. The lowest BCUT2D eigenvalue weighted by Crippen LogP contribution is -2.24. The standard InChI is InChI=1S/C14H13N3O3S2/c1-2-22(19,20)13-10-8-21-12(15)11(10)14(18)17(16-13)9-6-4-3-5-7-9/h3-8H,2,15H2,1H3. The number of thiophene rings is 1. The van der Waals surface area contributed by atoms with Gasteiger partial charge in [0.2, 0.25) is 0 Å². The summed E-state index contributed by atoms with van der Waals surface area (Å²) in [5, 5.41) is 6.34. The third-order valence-electron chi connectivity index (χ3n) is 3.32. The maximum atomic E-state index is 12.6. The van der Waals surface area contributed by atoms with Crippen molar-refractivity contribution in [3.63, 3.8) is 0 Å². The first kappa shape index (κ1) is 14.7. The summed E-state index contributed by atoms with van der Waals surface area (Å²) < 4.78 is 25.7. The predicted molar refractivity (Wildman–Crippen MR) is 87.4 cm³/mol. The Morgan fingerprint density at radius 2 is 1.95 bits per heavy atom. The van der Waals surface area contributed by atoms with Crippen molar-refractivity contribution in [2.24, 2.45) is 0 Å². The highest BCUT2D eigenvalue weighted by atomic mass is 32.2. The van der Waals surface area contributed by atoms with E-state index < -0.39 is 15.4 Å². The number of para-hydroxylation sites is 1. The molecule has 1 aromatic carbocycles. The van der Waals surface area contributed by atoms with Gasteiger partial charge in [-0.3, -0.25) is 4.79 Å². The summed E-state index contributed by atoms with van der Waals surface area (Å²) in [7, 11) is -3.58. The first-order chi connectivity index (χ1) is 10.5. The van der Waals surface area contributed by atoms with E-state index in [-0.39, 0.29) is 16.2 Å². The quantitative estimate of drug-likeness (QED) is 0.788. The Bertz CT molecular complexity index is 1000. The molecule has 3 rings (SSSR count). The van der Waals surface area contributed by atoms with Crippen LogP contribution < -0.4 is 11.3 Å². The third-order valence-corrected chi connectivity index (χ3v) is 5.78. The van der Waals surface area contributed by atoms with Crippen LogP contribution in [0.2, 0.25) is 0 Å². The maximum Gasteiger partial charge on any atom is 0.282 e. The van der Waals surface area contributed by atoms with Gasteiger partial charge < -0.3 is 5.73 Å². The molecule has 0 unspecified atom stereocenters. The van der Waals surface area contributed by atoms with Gasteiger partial charge in [-0.25, -0.2) is 8.42 Å². The normalized spacial score (nSPS) is 11.9. The van der Waals surface area contributed by atoms with Crippen LogP contribution in [0.15, 0.2) is 45.5 Å². The Balaban J connectivity index is 2.48. The van der Waals surface area contributed by atoms with Crippen LogP contribution in [-0.4, -0.2) is 24.0 Å². The topological polar surface area (TPSA) is 95.0 Å². The van der Waals surface area contributed by atoms with E-state index in [1.165, 1.54) is 6.92 Å². The van der Waals surface area contributed by atoms with Gasteiger partial charge in [0.1, 0.15) is 0 Å². The van der Waals surface area contributed by atoms with E-state index in [1.807, 2.05) is 0 Å². The molecule has 0 fully saturated rings. The Hall–Kier alpha value is -2.19. The minimum atomic E-state index is -3.58. The minimum absolute atomic E-state index is 0.0994. The second-order valence-corrected chi connectivity index (χ2v) is 7.75. The number of sulfone groups is 1. The van der Waals surface area contributed by atoms with Crippen molar-refractivity contribution in [3.05, 3.63) is 46.1 Å². The van der Waals surface area contributed by atoms with E-state index in [2.05, 4.69) is 5.10 Å². The molecule has 6 nitrogen and oxygen atoms in total. The van der Waals surface area contributed by atoms with Crippen molar-refractivity contribution in [1.29, 1.82) is 0 Å². The molecule has 0 aliphatic carbocycles. The zero-order valence-corrected chi connectivity index (χ0v) is 13.3. The number of benzene rings is 1. The number of hydrogen-bond donors (Lipinski definition) is 1. The van der Waals surface area contributed by atoms with Gasteiger partial charge in [0, 0.05) is 10.8 Å². The lowest BCUT2D eigenvalue weighted by atomic mass is 10.3. The van der Waals surface area contributed by atoms with Gasteiger partial charge in [0.15, 0.2) is 14.9 Å². The fraction of sp³-hybridized carbons (Fsp3) is 0.143. The van der Waals surface area contributed by atoms with Crippen LogP contribution in [0.1, 0.15) is 6.92 Å². The molecule has 0 amide bonds. The molecule has 0 aliphatic rings. The molecule has 2 heterocycles. The lowest BCUT2D eigenvalue weighted by molar-refractivity contribution is 0.589. The van der Waals surface area contributed by atoms with Crippen molar-refractivity contribution >= 4 is 36.9 Å². The molecular weight excluding hydrogens is 322 g/mol. The zero-order valence-electron chi connectivity index (χ0n) is 11.7. The number of nitrogen functional groups attached to an aromatic ring is 1. The molecule has 0 aliphatic heterocycles. The Morgan fingerprint density at radius 3 is 2.59 bits per heavy atom. The largest absolute Gasteiger partial charge is 0.390 e. The molecule has 0 radical (unpaired) electrons. The SMILES string of the molecule is CCS(=O)(=O)c1nn(-c2ccccc2)c(=O)c2c(N)scc12. The first-order valence-electron chi connectivity index (χ1n) is 6.54. The summed E-state index contributed by atoms with van der Waals surface area (Å²) in [5.74, 6) is -0.0994. The third kappa shape index (κ3) is 2.20. The van der Waals surface area contributed by atoms with E-state index in [4.69, 9.17) is 5.73 Å². The minimum Gasteiger partial charge on any atom is -0.390 e. The van der Waals surface area contributed by atoms with E-state index in [1.54, 1.807) is 35.7 Å². The molecule has 0 spiro atoms. The number of nitrogens with two attached hydrogens (primary N) is 1. The van der Waals surface area contributed by atoms with Crippen LogP contribution in [0.4, 0.5) is 5.00 Å². The van der Waals surface area contributed by atoms with Crippen LogP contribution >= 0.6 is 11.3 Å². The number of hydrogen-bond acceptors (Lipinski definition) is 6. The van der Waals surface area contributed by atoms with E-state index >= 15 is 0 Å². The van der Waals surface area contributed by atoms with Crippen molar-refractivity contribution in [2.75, 3.05) is 11.5 Å².